The van der Waals surface area contributed by atoms with Crippen molar-refractivity contribution in [3.8, 4) is 0 Å². The van der Waals surface area contributed by atoms with E-state index in [1.807, 2.05) is 24.3 Å². The van der Waals surface area contributed by atoms with Gasteiger partial charge in [0.1, 0.15) is 0 Å². The van der Waals surface area contributed by atoms with Crippen LogP contribution in [0.4, 0.5) is 0 Å². The number of nitrogens with zero attached hydrogens (tertiary/aromatic N) is 4. The molecule has 1 atom stereocenters. The van der Waals surface area contributed by atoms with Crippen LogP contribution in [0.1, 0.15) is 48.7 Å². The van der Waals surface area contributed by atoms with E-state index in [9.17, 15) is 9.59 Å². The van der Waals surface area contributed by atoms with Gasteiger partial charge >= 0.3 is 5.97 Å². The van der Waals surface area contributed by atoms with E-state index in [-0.39, 0.29) is 30.0 Å². The zero-order chi connectivity index (χ0) is 19.2. The normalized spacial score (nSPS) is 17.0. The number of rotatable bonds is 6. The number of carbonyl (C=O) groups is 2. The molecule has 0 spiro atoms. The standard InChI is InChI=1S/C19H23ClN4O3/c1-2-27-18(25)11-15-8-5-6-10-24(15)19(26)17-13-23(22-21-17)12-14-7-3-4-9-16(14)20/h3-4,7,9,13,15H,2,5-6,8,10-12H2,1H3/t15-/m1/s1. The number of amides is 1. The maximum atomic E-state index is 12.9. The lowest BCUT2D eigenvalue weighted by Gasteiger charge is -2.34. The molecule has 27 heavy (non-hydrogen) atoms. The molecule has 0 aliphatic carbocycles. The summed E-state index contributed by atoms with van der Waals surface area (Å²) in [5.41, 5.74) is 1.18. The van der Waals surface area contributed by atoms with Gasteiger partial charge in [-0.1, -0.05) is 35.0 Å². The fraction of sp³-hybridized carbons (Fsp3) is 0.474. The highest BCUT2D eigenvalue weighted by Gasteiger charge is 2.31. The molecule has 2 heterocycles. The molecule has 1 aliphatic heterocycles. The van der Waals surface area contributed by atoms with E-state index in [0.29, 0.717) is 24.7 Å². The maximum Gasteiger partial charge on any atom is 0.307 e. The van der Waals surface area contributed by atoms with Gasteiger partial charge in [0.05, 0.1) is 25.8 Å². The second kappa shape index (κ2) is 8.99. The van der Waals surface area contributed by atoms with Gasteiger partial charge in [-0.3, -0.25) is 9.59 Å². The largest absolute Gasteiger partial charge is 0.466 e. The zero-order valence-electron chi connectivity index (χ0n) is 15.3. The number of hydrogen-bond acceptors (Lipinski definition) is 5. The Morgan fingerprint density at radius 3 is 2.89 bits per heavy atom. The van der Waals surface area contributed by atoms with E-state index in [0.717, 1.165) is 24.8 Å². The minimum absolute atomic E-state index is 0.154. The van der Waals surface area contributed by atoms with Gasteiger partial charge in [0, 0.05) is 17.6 Å². The van der Waals surface area contributed by atoms with Gasteiger partial charge in [0.2, 0.25) is 0 Å². The van der Waals surface area contributed by atoms with E-state index in [2.05, 4.69) is 10.3 Å². The van der Waals surface area contributed by atoms with Crippen LogP contribution in [0, 0.1) is 0 Å². The summed E-state index contributed by atoms with van der Waals surface area (Å²) in [5.74, 6) is -0.473. The van der Waals surface area contributed by atoms with Crippen LogP contribution < -0.4 is 0 Å². The molecule has 1 aromatic heterocycles. The first kappa shape index (κ1) is 19.4. The Hall–Kier alpha value is -2.41. The average molecular weight is 391 g/mol. The number of carbonyl (C=O) groups excluding carboxylic acids is 2. The summed E-state index contributed by atoms with van der Waals surface area (Å²) < 4.78 is 6.63. The first-order chi connectivity index (χ1) is 13.1. The van der Waals surface area contributed by atoms with E-state index in [1.165, 1.54) is 0 Å². The summed E-state index contributed by atoms with van der Waals surface area (Å²) in [7, 11) is 0. The maximum absolute atomic E-state index is 12.9. The van der Waals surface area contributed by atoms with Crippen LogP contribution in [-0.2, 0) is 16.1 Å². The van der Waals surface area contributed by atoms with Crippen molar-refractivity contribution in [3.05, 3.63) is 46.7 Å². The first-order valence-electron chi connectivity index (χ1n) is 9.18. The van der Waals surface area contributed by atoms with Gasteiger partial charge in [-0.05, 0) is 37.8 Å². The van der Waals surface area contributed by atoms with E-state index >= 15 is 0 Å². The lowest BCUT2D eigenvalue weighted by atomic mass is 9.99. The predicted molar refractivity (Wildman–Crippen MR) is 101 cm³/mol. The van der Waals surface area contributed by atoms with Crippen molar-refractivity contribution in [2.45, 2.75) is 45.2 Å². The molecule has 0 N–H and O–H groups in total. The first-order valence-corrected chi connectivity index (χ1v) is 9.56. The fourth-order valence-electron chi connectivity index (χ4n) is 3.31. The Bertz CT molecular complexity index is 808. The number of esters is 1. The highest BCUT2D eigenvalue weighted by molar-refractivity contribution is 6.31. The fourth-order valence-corrected chi connectivity index (χ4v) is 3.51. The summed E-state index contributed by atoms with van der Waals surface area (Å²) in [6.07, 6.45) is 4.54. The zero-order valence-corrected chi connectivity index (χ0v) is 16.1. The molecule has 1 aliphatic rings. The van der Waals surface area contributed by atoms with Crippen LogP contribution in [0.15, 0.2) is 30.5 Å². The van der Waals surface area contributed by atoms with Crippen LogP contribution in [-0.4, -0.2) is 51.0 Å². The quantitative estimate of drug-likeness (QED) is 0.709. The molecule has 1 fully saturated rings. The van der Waals surface area contributed by atoms with Crippen molar-refractivity contribution in [1.82, 2.24) is 19.9 Å². The van der Waals surface area contributed by atoms with Crippen LogP contribution in [0.25, 0.3) is 0 Å². The number of ether oxygens (including phenoxy) is 1. The van der Waals surface area contributed by atoms with Crippen molar-refractivity contribution in [1.29, 1.82) is 0 Å². The predicted octanol–water partition coefficient (Wildman–Crippen LogP) is 2.93. The molecule has 8 heteroatoms. The van der Waals surface area contributed by atoms with Crippen molar-refractivity contribution >= 4 is 23.5 Å². The second-order valence-electron chi connectivity index (χ2n) is 6.55. The number of hydrogen-bond donors (Lipinski definition) is 0. The van der Waals surface area contributed by atoms with Crippen molar-refractivity contribution in [2.24, 2.45) is 0 Å². The third-order valence-corrected chi connectivity index (χ3v) is 5.01. The van der Waals surface area contributed by atoms with Gasteiger partial charge in [0.25, 0.3) is 5.91 Å². The molecule has 0 saturated carbocycles. The Morgan fingerprint density at radius 1 is 1.30 bits per heavy atom. The van der Waals surface area contributed by atoms with E-state index < -0.39 is 0 Å². The summed E-state index contributed by atoms with van der Waals surface area (Å²) >= 11 is 6.18. The van der Waals surface area contributed by atoms with Crippen molar-refractivity contribution in [2.75, 3.05) is 13.2 Å². The summed E-state index contributed by atoms with van der Waals surface area (Å²) in [6.45, 7) is 3.17. The molecule has 7 nitrogen and oxygen atoms in total. The van der Waals surface area contributed by atoms with Gasteiger partial charge in [-0.15, -0.1) is 5.10 Å². The molecular formula is C19H23ClN4O3. The minimum Gasteiger partial charge on any atom is -0.466 e. The topological polar surface area (TPSA) is 77.3 Å². The number of piperidine rings is 1. The molecule has 1 amide bonds. The molecule has 1 aromatic carbocycles. The molecule has 0 bridgehead atoms. The van der Waals surface area contributed by atoms with Crippen molar-refractivity contribution in [3.63, 3.8) is 0 Å². The third-order valence-electron chi connectivity index (χ3n) is 4.64. The number of benzene rings is 1. The SMILES string of the molecule is CCOC(=O)C[C@H]1CCCCN1C(=O)c1cn(Cc2ccccc2Cl)nn1. The van der Waals surface area contributed by atoms with Gasteiger partial charge < -0.3 is 9.64 Å². The minimum atomic E-state index is -0.274. The average Bonchev–Trinajstić information content (AvgIpc) is 3.12. The number of likely N-dealkylation sites (tertiary alicyclic amines) is 1. The Morgan fingerprint density at radius 2 is 2.11 bits per heavy atom. The number of halogens is 1. The van der Waals surface area contributed by atoms with Gasteiger partial charge in [0.15, 0.2) is 5.69 Å². The monoisotopic (exact) mass is 390 g/mol. The molecule has 1 saturated heterocycles. The highest BCUT2D eigenvalue weighted by atomic mass is 35.5. The molecule has 144 valence electrons. The summed E-state index contributed by atoms with van der Waals surface area (Å²) in [5, 5.41) is 8.73. The summed E-state index contributed by atoms with van der Waals surface area (Å²) in [4.78, 5) is 26.5. The lowest BCUT2D eigenvalue weighted by molar-refractivity contribution is -0.144. The Kier molecular flexibility index (Phi) is 6.45. The Balaban J connectivity index is 1.70. The van der Waals surface area contributed by atoms with Gasteiger partial charge in [-0.2, -0.15) is 0 Å². The van der Waals surface area contributed by atoms with Crippen molar-refractivity contribution < 1.29 is 14.3 Å². The van der Waals surface area contributed by atoms with E-state index in [4.69, 9.17) is 16.3 Å². The third kappa shape index (κ3) is 4.86. The van der Waals surface area contributed by atoms with E-state index in [1.54, 1.807) is 22.7 Å². The highest BCUT2D eigenvalue weighted by Crippen LogP contribution is 2.22. The molecule has 0 unspecified atom stereocenters. The second-order valence-corrected chi connectivity index (χ2v) is 6.96. The van der Waals surface area contributed by atoms with Gasteiger partial charge in [-0.25, -0.2) is 4.68 Å². The molecule has 2 aromatic rings. The molecule has 0 radical (unpaired) electrons. The molecule has 3 rings (SSSR count). The summed E-state index contributed by atoms with van der Waals surface area (Å²) in [6, 6.07) is 7.33. The van der Waals surface area contributed by atoms with Crippen LogP contribution in [0.2, 0.25) is 5.02 Å². The Labute approximate surface area is 163 Å². The van der Waals surface area contributed by atoms with Crippen LogP contribution in [0.3, 0.4) is 0 Å². The molecular weight excluding hydrogens is 368 g/mol. The smallest absolute Gasteiger partial charge is 0.307 e. The van der Waals surface area contributed by atoms with Crippen LogP contribution in [0.5, 0.6) is 0 Å². The lowest BCUT2D eigenvalue weighted by Crippen LogP contribution is -2.45. The number of aromatic nitrogens is 3. The van der Waals surface area contributed by atoms with Crippen LogP contribution >= 0.6 is 11.6 Å².